The molecule has 1 saturated carbocycles. The Morgan fingerprint density at radius 2 is 2.06 bits per heavy atom. The van der Waals surface area contributed by atoms with Crippen LogP contribution in [0, 0.1) is 6.92 Å². The molecule has 4 aromatic rings. The average molecular weight is 458 g/mol. The van der Waals surface area contributed by atoms with Gasteiger partial charge in [0.1, 0.15) is 0 Å². The van der Waals surface area contributed by atoms with Crippen molar-refractivity contribution in [3.63, 3.8) is 0 Å². The van der Waals surface area contributed by atoms with E-state index in [1.807, 2.05) is 24.6 Å². The summed E-state index contributed by atoms with van der Waals surface area (Å²) >= 11 is 1.11. The number of fused-ring (bicyclic) bond motifs is 1. The number of nitrogens with one attached hydrogen (secondary N) is 1. The van der Waals surface area contributed by atoms with Crippen LogP contribution in [0.25, 0.3) is 21.7 Å². The molecule has 1 N–H and O–H groups in total. The van der Waals surface area contributed by atoms with E-state index >= 15 is 0 Å². The summed E-state index contributed by atoms with van der Waals surface area (Å²) in [7, 11) is 0. The highest BCUT2D eigenvalue weighted by molar-refractivity contribution is 7.19. The van der Waals surface area contributed by atoms with Gasteiger partial charge in [0.25, 0.3) is 5.91 Å². The van der Waals surface area contributed by atoms with E-state index in [4.69, 9.17) is 4.98 Å². The Labute approximate surface area is 186 Å². The Kier molecular flexibility index (Phi) is 5.00. The number of imidazole rings is 1. The number of carbonyl (C=O) groups excluding carboxylic acids is 1. The van der Waals surface area contributed by atoms with Crippen molar-refractivity contribution in [2.24, 2.45) is 0 Å². The van der Waals surface area contributed by atoms with Crippen LogP contribution in [0.1, 0.15) is 66.9 Å². The van der Waals surface area contributed by atoms with E-state index in [2.05, 4.69) is 20.4 Å². The zero-order chi connectivity index (χ0) is 22.6. The number of halogens is 2. The molecule has 0 radical (unpaired) electrons. The molecule has 0 bridgehead atoms. The molecule has 1 amide bonds. The van der Waals surface area contributed by atoms with Crippen LogP contribution in [0.15, 0.2) is 24.7 Å². The van der Waals surface area contributed by atoms with Gasteiger partial charge in [-0.05, 0) is 39.7 Å². The molecule has 1 aliphatic rings. The molecule has 0 unspecified atom stereocenters. The van der Waals surface area contributed by atoms with Crippen molar-refractivity contribution in [3.05, 3.63) is 41.6 Å². The molecule has 0 spiro atoms. The highest BCUT2D eigenvalue weighted by atomic mass is 32.1. The molecule has 0 aromatic carbocycles. The number of hydrogen-bond donors (Lipinski definition) is 1. The molecule has 4 aromatic heterocycles. The molecule has 1 aliphatic carbocycles. The van der Waals surface area contributed by atoms with E-state index in [-0.39, 0.29) is 17.8 Å². The summed E-state index contributed by atoms with van der Waals surface area (Å²) in [5, 5.41) is 8.24. The first-order valence-electron chi connectivity index (χ1n) is 10.3. The number of thiazole rings is 1. The lowest BCUT2D eigenvalue weighted by Crippen LogP contribution is -2.13. The van der Waals surface area contributed by atoms with Crippen LogP contribution in [-0.4, -0.2) is 35.2 Å². The monoisotopic (exact) mass is 457 g/mol. The van der Waals surface area contributed by atoms with E-state index < -0.39 is 6.55 Å². The second-order valence-corrected chi connectivity index (χ2v) is 9.11. The first-order chi connectivity index (χ1) is 15.3. The number of aromatic nitrogens is 6. The zero-order valence-corrected chi connectivity index (χ0v) is 18.5. The fourth-order valence-corrected chi connectivity index (χ4v) is 4.62. The van der Waals surface area contributed by atoms with Gasteiger partial charge in [-0.2, -0.15) is 13.9 Å². The van der Waals surface area contributed by atoms with Gasteiger partial charge < -0.3 is 0 Å². The minimum Gasteiger partial charge on any atom is -0.298 e. The minimum atomic E-state index is -2.71. The Hall–Kier alpha value is -3.21. The molecule has 32 heavy (non-hydrogen) atoms. The van der Waals surface area contributed by atoms with Crippen LogP contribution >= 0.6 is 11.3 Å². The minimum absolute atomic E-state index is 0.105. The van der Waals surface area contributed by atoms with Gasteiger partial charge in [-0.1, -0.05) is 11.3 Å². The number of carbonyl (C=O) groups is 1. The van der Waals surface area contributed by atoms with Crippen LogP contribution in [0.2, 0.25) is 0 Å². The molecule has 11 heteroatoms. The summed E-state index contributed by atoms with van der Waals surface area (Å²) in [6.45, 7) is 3.02. The summed E-state index contributed by atoms with van der Waals surface area (Å²) in [4.78, 5) is 26.9. The van der Waals surface area contributed by atoms with Gasteiger partial charge >= 0.3 is 6.55 Å². The second kappa shape index (κ2) is 7.73. The maximum atomic E-state index is 13.3. The second-order valence-electron chi connectivity index (χ2n) is 8.11. The van der Waals surface area contributed by atoms with Crippen molar-refractivity contribution in [1.29, 1.82) is 0 Å². The molecule has 0 atom stereocenters. The summed E-state index contributed by atoms with van der Waals surface area (Å²) in [6, 6.07) is 1.93. The van der Waals surface area contributed by atoms with Crippen LogP contribution in [0.3, 0.4) is 0 Å². The molecule has 0 aliphatic heterocycles. The van der Waals surface area contributed by atoms with Crippen LogP contribution in [0.5, 0.6) is 0 Å². The largest absolute Gasteiger partial charge is 0.320 e. The highest BCUT2D eigenvalue weighted by Gasteiger charge is 2.28. The normalized spacial score (nSPS) is 14.1. The Morgan fingerprint density at radius 3 is 2.75 bits per heavy atom. The summed E-state index contributed by atoms with van der Waals surface area (Å²) < 4.78 is 29.1. The molecular formula is C21H21F2N7OS. The molecule has 4 heterocycles. The topological polar surface area (TPSA) is 90.5 Å². The zero-order valence-electron chi connectivity index (χ0n) is 17.7. The van der Waals surface area contributed by atoms with E-state index in [0.29, 0.717) is 38.2 Å². The third kappa shape index (κ3) is 3.56. The predicted molar refractivity (Wildman–Crippen MR) is 117 cm³/mol. The molecular weight excluding hydrogens is 436 g/mol. The van der Waals surface area contributed by atoms with Gasteiger partial charge in [0, 0.05) is 30.0 Å². The third-order valence-electron chi connectivity index (χ3n) is 5.42. The fourth-order valence-electron chi connectivity index (χ4n) is 3.66. The maximum Gasteiger partial charge on any atom is 0.320 e. The number of amides is 1. The van der Waals surface area contributed by atoms with Crippen molar-refractivity contribution < 1.29 is 13.6 Å². The average Bonchev–Trinajstić information content (AvgIpc) is 3.16. The van der Waals surface area contributed by atoms with Crippen LogP contribution in [0.4, 0.5) is 13.9 Å². The Morgan fingerprint density at radius 1 is 1.28 bits per heavy atom. The van der Waals surface area contributed by atoms with Crippen LogP contribution in [-0.2, 0) is 0 Å². The number of rotatable bonds is 6. The van der Waals surface area contributed by atoms with Gasteiger partial charge in [0.15, 0.2) is 16.6 Å². The first-order valence-corrected chi connectivity index (χ1v) is 11.1. The standard InChI is InChI=1S/C21H21F2N7OS/c1-10(2)30-17-14(9-25-30)13(8-15(27-17)12-4-5-12)19(31)28-21-26-11(3)16(32-21)18-24-6-7-29(18)20(22)23/h6-10,12,20H,4-5H2,1-3H3,(H,26,28,31). The highest BCUT2D eigenvalue weighted by Crippen LogP contribution is 2.40. The van der Waals surface area contributed by atoms with E-state index in [9.17, 15) is 13.6 Å². The van der Waals surface area contributed by atoms with Crippen molar-refractivity contribution in [2.75, 3.05) is 5.32 Å². The first kappa shape index (κ1) is 20.7. The summed E-state index contributed by atoms with van der Waals surface area (Å²) in [5.41, 5.74) is 2.57. The number of hydrogen-bond acceptors (Lipinski definition) is 6. The molecule has 166 valence electrons. The van der Waals surface area contributed by atoms with E-state index in [1.165, 1.54) is 12.4 Å². The number of aryl methyl sites for hydroxylation is 1. The summed E-state index contributed by atoms with van der Waals surface area (Å²) in [6.07, 6.45) is 6.31. The number of pyridine rings is 1. The Bertz CT molecular complexity index is 1320. The fraction of sp³-hybridized carbons (Fsp3) is 0.381. The van der Waals surface area contributed by atoms with Crippen molar-refractivity contribution in [1.82, 2.24) is 29.3 Å². The van der Waals surface area contributed by atoms with Crippen LogP contribution < -0.4 is 5.32 Å². The van der Waals surface area contributed by atoms with Crippen molar-refractivity contribution in [2.45, 2.75) is 52.1 Å². The van der Waals surface area contributed by atoms with Crippen molar-refractivity contribution >= 4 is 33.4 Å². The molecule has 8 nitrogen and oxygen atoms in total. The maximum absolute atomic E-state index is 13.3. The van der Waals surface area contributed by atoms with Gasteiger partial charge in [-0.3, -0.25) is 14.7 Å². The third-order valence-corrected chi connectivity index (χ3v) is 6.48. The molecule has 5 rings (SSSR count). The molecule has 0 saturated heterocycles. The lowest BCUT2D eigenvalue weighted by atomic mass is 10.1. The van der Waals surface area contributed by atoms with Gasteiger partial charge in [0.05, 0.1) is 27.7 Å². The Balaban J connectivity index is 1.50. The lowest BCUT2D eigenvalue weighted by Gasteiger charge is -2.10. The van der Waals surface area contributed by atoms with Gasteiger partial charge in [0.2, 0.25) is 0 Å². The number of anilines is 1. The predicted octanol–water partition coefficient (Wildman–Crippen LogP) is 5.17. The summed E-state index contributed by atoms with van der Waals surface area (Å²) in [5.74, 6) is 0.152. The molecule has 1 fully saturated rings. The number of alkyl halides is 2. The van der Waals surface area contributed by atoms with Gasteiger partial charge in [-0.15, -0.1) is 0 Å². The lowest BCUT2D eigenvalue weighted by molar-refractivity contribution is 0.0720. The number of nitrogens with zero attached hydrogens (tertiary/aromatic N) is 6. The smallest absolute Gasteiger partial charge is 0.298 e. The van der Waals surface area contributed by atoms with Crippen molar-refractivity contribution in [3.8, 4) is 10.7 Å². The quantitative estimate of drug-likeness (QED) is 0.432. The van der Waals surface area contributed by atoms with E-state index in [1.54, 1.807) is 13.1 Å². The SMILES string of the molecule is Cc1nc(NC(=O)c2cc(C3CC3)nc3c2cnn3C(C)C)sc1-c1nccn1C(F)F. The van der Waals surface area contributed by atoms with Gasteiger partial charge in [-0.25, -0.2) is 19.6 Å². The van der Waals surface area contributed by atoms with E-state index in [0.717, 1.165) is 34.4 Å².